The minimum atomic E-state index is -0.0550. The van der Waals surface area contributed by atoms with Crippen molar-refractivity contribution in [3.8, 4) is 0 Å². The van der Waals surface area contributed by atoms with Crippen molar-refractivity contribution in [2.24, 2.45) is 0 Å². The first-order valence-electron chi connectivity index (χ1n) is 6.98. The normalized spacial score (nSPS) is 18.0. The van der Waals surface area contributed by atoms with Gasteiger partial charge in [0.15, 0.2) is 0 Å². The fourth-order valence-corrected chi connectivity index (χ4v) is 2.29. The summed E-state index contributed by atoms with van der Waals surface area (Å²) in [5.74, 6) is 0. The van der Waals surface area contributed by atoms with Crippen LogP contribution in [0.5, 0.6) is 0 Å². The Morgan fingerprint density at radius 3 is 2.53 bits per heavy atom. The van der Waals surface area contributed by atoms with E-state index in [1.807, 2.05) is 0 Å². The minimum absolute atomic E-state index is 0.0550. The van der Waals surface area contributed by atoms with E-state index in [1.165, 1.54) is 29.1 Å². The number of ether oxygens (including phenoxy) is 1. The number of hydrogen-bond donors (Lipinski definition) is 0. The molecule has 0 spiro atoms. The summed E-state index contributed by atoms with van der Waals surface area (Å²) in [5, 5.41) is 0. The molecule has 0 aromatic carbocycles. The Balaban J connectivity index is 2.65. The molecule has 1 nitrogen and oxygen atoms in total. The molecule has 92 valence electrons. The van der Waals surface area contributed by atoms with Crippen LogP contribution >= 0.6 is 0 Å². The predicted molar refractivity (Wildman–Crippen MR) is 75.3 cm³/mol. The van der Waals surface area contributed by atoms with E-state index in [-0.39, 0.29) is 5.60 Å². The third-order valence-electron chi connectivity index (χ3n) is 3.13. The van der Waals surface area contributed by atoms with E-state index in [9.17, 15) is 0 Å². The van der Waals surface area contributed by atoms with Crippen molar-refractivity contribution in [1.82, 2.24) is 0 Å². The molecule has 0 radical (unpaired) electrons. The predicted octanol–water partition coefficient (Wildman–Crippen LogP) is 4.13. The third kappa shape index (κ3) is 5.47. The van der Waals surface area contributed by atoms with E-state index in [1.54, 1.807) is 0 Å². The second-order valence-corrected chi connectivity index (χ2v) is 6.06. The quantitative estimate of drug-likeness (QED) is 0.490. The summed E-state index contributed by atoms with van der Waals surface area (Å²) in [6.07, 6.45) is 10.9. The molecule has 1 rings (SSSR count). The molecule has 1 aliphatic rings. The number of hydrogen-bond acceptors (Lipinski definition) is 1. The second-order valence-electron chi connectivity index (χ2n) is 6.06. The van der Waals surface area contributed by atoms with E-state index in [2.05, 4.69) is 57.6 Å². The van der Waals surface area contributed by atoms with Crippen LogP contribution in [0.4, 0.5) is 0 Å². The Hall–Kier alpha value is 0.0374. The molecule has 1 unspecified atom stereocenters. The van der Waals surface area contributed by atoms with E-state index in [4.69, 9.17) is 4.74 Å². The standard InChI is InChI=1S/C15H25O.Li/c1-5-6-7-12-14(16-15(2,3)4)13-10-8-9-11-13;/h8,10,14H,5-7,9,12H2,1-4H3;. The van der Waals surface area contributed by atoms with Gasteiger partial charge in [0.25, 0.3) is 0 Å². The van der Waals surface area contributed by atoms with Gasteiger partial charge in [-0.05, 0) is 0 Å². The van der Waals surface area contributed by atoms with Gasteiger partial charge in [-0.3, -0.25) is 0 Å². The van der Waals surface area contributed by atoms with Gasteiger partial charge < -0.3 is 0 Å². The van der Waals surface area contributed by atoms with E-state index < -0.39 is 0 Å². The molecule has 0 aromatic heterocycles. The molecule has 0 aliphatic heterocycles. The average Bonchev–Trinajstić information content (AvgIpc) is 2.61. The van der Waals surface area contributed by atoms with Crippen molar-refractivity contribution in [2.45, 2.75) is 71.5 Å². The number of allylic oxidation sites excluding steroid dienone is 2. The van der Waals surface area contributed by atoms with Gasteiger partial charge in [-0.2, -0.15) is 0 Å². The molecular weight excluding hydrogens is 203 g/mol. The third-order valence-corrected chi connectivity index (χ3v) is 3.13. The van der Waals surface area contributed by atoms with Crippen LogP contribution in [0.2, 0.25) is 0 Å². The molecule has 2 heteroatoms. The van der Waals surface area contributed by atoms with E-state index >= 15 is 0 Å². The summed E-state index contributed by atoms with van der Waals surface area (Å²) in [7, 11) is 0. The summed E-state index contributed by atoms with van der Waals surface area (Å²) in [5.41, 5.74) is 1.37. The summed E-state index contributed by atoms with van der Waals surface area (Å²) in [6, 6.07) is 0. The summed E-state index contributed by atoms with van der Waals surface area (Å²) in [6.45, 7) is 8.69. The Bertz CT molecular complexity index is 297. The van der Waals surface area contributed by atoms with Crippen molar-refractivity contribution in [3.63, 3.8) is 0 Å². The van der Waals surface area contributed by atoms with E-state index in [0.29, 0.717) is 6.10 Å². The van der Waals surface area contributed by atoms with Gasteiger partial charge in [0.2, 0.25) is 0 Å². The zero-order valence-electron chi connectivity index (χ0n) is 12.2. The first-order valence-corrected chi connectivity index (χ1v) is 6.98. The number of rotatable bonds is 6. The van der Waals surface area contributed by atoms with Crippen molar-refractivity contribution in [3.05, 3.63) is 22.0 Å². The molecule has 0 aromatic rings. The second kappa shape index (κ2) is 6.83. The van der Waals surface area contributed by atoms with Crippen molar-refractivity contribution in [1.29, 1.82) is 0 Å². The van der Waals surface area contributed by atoms with Crippen LogP contribution in [-0.4, -0.2) is 29.4 Å². The Kier molecular flexibility index (Phi) is 6.07. The summed E-state index contributed by atoms with van der Waals surface area (Å²) < 4.78 is 7.71. The molecule has 0 N–H and O–H groups in total. The zero-order chi connectivity index (χ0) is 12.9. The molecule has 0 saturated heterocycles. The molecule has 17 heavy (non-hydrogen) atoms. The van der Waals surface area contributed by atoms with Gasteiger partial charge >= 0.3 is 116 Å². The molecular formula is C15H25LiO. The number of unbranched alkanes of at least 4 members (excludes halogenated alkanes) is 2. The van der Waals surface area contributed by atoms with Crippen molar-refractivity contribution >= 4 is 17.7 Å². The van der Waals surface area contributed by atoms with Gasteiger partial charge in [-0.25, -0.2) is 0 Å². The van der Waals surface area contributed by atoms with Gasteiger partial charge in [0.1, 0.15) is 0 Å². The zero-order valence-corrected chi connectivity index (χ0v) is 12.2. The Labute approximate surface area is 116 Å². The van der Waals surface area contributed by atoms with Crippen LogP contribution < -0.4 is 0 Å². The Morgan fingerprint density at radius 1 is 1.35 bits per heavy atom. The topological polar surface area (TPSA) is 9.23 Å². The summed E-state index contributed by atoms with van der Waals surface area (Å²) >= 11 is 2.23. The Morgan fingerprint density at radius 2 is 2.06 bits per heavy atom. The molecule has 0 heterocycles. The average molecular weight is 228 g/mol. The molecule has 0 saturated carbocycles. The van der Waals surface area contributed by atoms with Gasteiger partial charge in [-0.15, -0.1) is 0 Å². The van der Waals surface area contributed by atoms with Crippen LogP contribution in [0, 0.1) is 0 Å². The first kappa shape index (κ1) is 15.1. The SMILES string of the molecule is [Li][C]1=C(C(CCCCC)OC(C)(C)C)C=CC1. The van der Waals surface area contributed by atoms with Gasteiger partial charge in [0, 0.05) is 0 Å². The van der Waals surface area contributed by atoms with E-state index in [0.717, 1.165) is 12.8 Å². The molecule has 1 atom stereocenters. The first-order chi connectivity index (χ1) is 7.94. The fourth-order valence-electron chi connectivity index (χ4n) is 2.29. The van der Waals surface area contributed by atoms with Crippen molar-refractivity contribution in [2.75, 3.05) is 0 Å². The van der Waals surface area contributed by atoms with Gasteiger partial charge in [-0.1, -0.05) is 0 Å². The van der Waals surface area contributed by atoms with Crippen LogP contribution in [0.15, 0.2) is 22.0 Å². The fraction of sp³-hybridized carbons (Fsp3) is 0.733. The maximum atomic E-state index is 6.23. The van der Waals surface area contributed by atoms with Crippen molar-refractivity contribution < 1.29 is 4.74 Å². The van der Waals surface area contributed by atoms with Crippen LogP contribution in [0.25, 0.3) is 0 Å². The van der Waals surface area contributed by atoms with Crippen LogP contribution in [-0.2, 0) is 4.74 Å². The molecule has 0 fully saturated rings. The maximum absolute atomic E-state index is 6.23. The van der Waals surface area contributed by atoms with Crippen LogP contribution in [0.1, 0.15) is 59.8 Å². The molecule has 0 amide bonds. The molecule has 0 bridgehead atoms. The van der Waals surface area contributed by atoms with Crippen LogP contribution in [0.3, 0.4) is 0 Å². The summed E-state index contributed by atoms with van der Waals surface area (Å²) in [4.78, 5) is 0. The van der Waals surface area contributed by atoms with Gasteiger partial charge in [0.05, 0.1) is 0 Å². The monoisotopic (exact) mass is 228 g/mol. The molecule has 1 aliphatic carbocycles.